The molecule has 19 heavy (non-hydrogen) atoms. The fourth-order valence-corrected chi connectivity index (χ4v) is 3.18. The zero-order valence-electron chi connectivity index (χ0n) is 10.6. The molecule has 2 heterocycles. The Morgan fingerprint density at radius 1 is 1.16 bits per heavy atom. The van der Waals surface area contributed by atoms with E-state index in [2.05, 4.69) is 10.2 Å². The Morgan fingerprint density at radius 3 is 2.58 bits per heavy atom. The highest BCUT2D eigenvalue weighted by Gasteiger charge is 2.38. The second kappa shape index (κ2) is 6.12. The van der Waals surface area contributed by atoms with Gasteiger partial charge in [-0.25, -0.2) is 0 Å². The minimum absolute atomic E-state index is 0. The Kier molecular flexibility index (Phi) is 4.71. The third-order valence-corrected chi connectivity index (χ3v) is 4.23. The normalized spacial score (nSPS) is 25.6. The molecule has 0 spiro atoms. The molecule has 1 aromatic rings. The van der Waals surface area contributed by atoms with Crippen LogP contribution in [0.25, 0.3) is 0 Å². The first-order valence-corrected chi connectivity index (χ1v) is 6.92. The topological polar surface area (TPSA) is 32.3 Å². The van der Waals surface area contributed by atoms with Gasteiger partial charge in [-0.15, -0.1) is 12.4 Å². The molecule has 1 aromatic carbocycles. The lowest BCUT2D eigenvalue weighted by molar-refractivity contribution is 0.0680. The Hall–Kier alpha value is -0.770. The molecule has 1 N–H and O–H groups in total. The fraction of sp³-hybridized carbons (Fsp3) is 0.500. The molecule has 3 nitrogen and oxygen atoms in total. The van der Waals surface area contributed by atoms with Crippen LogP contribution in [-0.4, -0.2) is 36.0 Å². The van der Waals surface area contributed by atoms with Gasteiger partial charge in [0.05, 0.1) is 0 Å². The van der Waals surface area contributed by atoms with Crippen LogP contribution in [0.15, 0.2) is 24.3 Å². The van der Waals surface area contributed by atoms with E-state index >= 15 is 0 Å². The summed E-state index contributed by atoms with van der Waals surface area (Å²) in [5.74, 6) is 0.155. The summed E-state index contributed by atoms with van der Waals surface area (Å²) in [6.07, 6.45) is 3.33. The first-order valence-electron chi connectivity index (χ1n) is 6.54. The maximum Gasteiger partial charge on any atom is 0.254 e. The van der Waals surface area contributed by atoms with E-state index in [-0.39, 0.29) is 18.3 Å². The average molecular weight is 301 g/mol. The molecule has 104 valence electrons. The maximum absolute atomic E-state index is 12.6. The Morgan fingerprint density at radius 2 is 1.84 bits per heavy atom. The molecule has 3 rings (SSSR count). The highest BCUT2D eigenvalue weighted by atomic mass is 35.5. The number of nitrogens with one attached hydrogen (secondary N) is 1. The SMILES string of the molecule is Cl.O=C(c1ccc(Cl)cc1)N1C2CCNCC1CC2. The van der Waals surface area contributed by atoms with Gasteiger partial charge in [0.2, 0.25) is 0 Å². The van der Waals surface area contributed by atoms with Crippen LogP contribution in [0.3, 0.4) is 0 Å². The molecule has 1 amide bonds. The second-order valence-corrected chi connectivity index (χ2v) is 5.53. The van der Waals surface area contributed by atoms with Gasteiger partial charge in [0.25, 0.3) is 5.91 Å². The lowest BCUT2D eigenvalue weighted by Gasteiger charge is -2.28. The number of carbonyl (C=O) groups excluding carboxylic acids is 1. The van der Waals surface area contributed by atoms with E-state index in [1.54, 1.807) is 12.1 Å². The van der Waals surface area contributed by atoms with Gasteiger partial charge >= 0.3 is 0 Å². The summed E-state index contributed by atoms with van der Waals surface area (Å²) in [6.45, 7) is 1.95. The predicted octanol–water partition coefficient (Wildman–Crippen LogP) is 2.73. The first-order chi connectivity index (χ1) is 8.75. The number of carbonyl (C=O) groups is 1. The molecule has 0 aliphatic carbocycles. The van der Waals surface area contributed by atoms with E-state index in [1.807, 2.05) is 12.1 Å². The van der Waals surface area contributed by atoms with Crippen LogP contribution in [0.2, 0.25) is 5.02 Å². The van der Waals surface area contributed by atoms with Gasteiger partial charge < -0.3 is 10.2 Å². The van der Waals surface area contributed by atoms with Crippen molar-refractivity contribution in [3.8, 4) is 0 Å². The van der Waals surface area contributed by atoms with Crippen LogP contribution >= 0.6 is 24.0 Å². The van der Waals surface area contributed by atoms with E-state index < -0.39 is 0 Å². The van der Waals surface area contributed by atoms with Gasteiger partial charge in [-0.2, -0.15) is 0 Å². The monoisotopic (exact) mass is 300 g/mol. The van der Waals surface area contributed by atoms with Gasteiger partial charge in [0.15, 0.2) is 0 Å². The van der Waals surface area contributed by atoms with Crippen molar-refractivity contribution < 1.29 is 4.79 Å². The van der Waals surface area contributed by atoms with Crippen LogP contribution in [0.5, 0.6) is 0 Å². The summed E-state index contributed by atoms with van der Waals surface area (Å²) in [5, 5.41) is 4.08. The number of halogens is 2. The fourth-order valence-electron chi connectivity index (χ4n) is 3.06. The smallest absolute Gasteiger partial charge is 0.254 e. The molecule has 2 saturated heterocycles. The minimum Gasteiger partial charge on any atom is -0.331 e. The number of hydrogen-bond donors (Lipinski definition) is 1. The van der Waals surface area contributed by atoms with Crippen LogP contribution in [-0.2, 0) is 0 Å². The number of rotatable bonds is 1. The molecule has 2 atom stereocenters. The number of hydrogen-bond acceptors (Lipinski definition) is 2. The standard InChI is InChI=1S/C14H17ClN2O.ClH/c15-11-3-1-10(2-4-11)14(18)17-12-5-6-13(17)9-16-8-7-12;/h1-4,12-13,16H,5-9H2;1H. The van der Waals surface area contributed by atoms with Gasteiger partial charge in [0.1, 0.15) is 0 Å². The highest BCUT2D eigenvalue weighted by molar-refractivity contribution is 6.30. The summed E-state index contributed by atoms with van der Waals surface area (Å²) in [7, 11) is 0. The summed E-state index contributed by atoms with van der Waals surface area (Å²) >= 11 is 5.86. The largest absolute Gasteiger partial charge is 0.331 e. The van der Waals surface area contributed by atoms with Crippen molar-refractivity contribution in [2.45, 2.75) is 31.3 Å². The molecule has 2 bridgehead atoms. The lowest BCUT2D eigenvalue weighted by atomic mass is 10.1. The van der Waals surface area contributed by atoms with Crippen LogP contribution in [0.1, 0.15) is 29.6 Å². The van der Waals surface area contributed by atoms with Gasteiger partial charge in [-0.05, 0) is 50.1 Å². The maximum atomic E-state index is 12.6. The van der Waals surface area contributed by atoms with Crippen LogP contribution in [0, 0.1) is 0 Å². The van der Waals surface area contributed by atoms with Crippen molar-refractivity contribution in [2.75, 3.05) is 13.1 Å². The highest BCUT2D eigenvalue weighted by Crippen LogP contribution is 2.29. The number of fused-ring (bicyclic) bond motifs is 2. The van der Waals surface area contributed by atoms with Crippen molar-refractivity contribution in [3.05, 3.63) is 34.9 Å². The van der Waals surface area contributed by atoms with Crippen molar-refractivity contribution in [1.82, 2.24) is 10.2 Å². The van der Waals surface area contributed by atoms with Crippen molar-refractivity contribution in [2.24, 2.45) is 0 Å². The zero-order valence-corrected chi connectivity index (χ0v) is 12.2. The van der Waals surface area contributed by atoms with E-state index in [0.717, 1.165) is 37.9 Å². The van der Waals surface area contributed by atoms with E-state index in [1.165, 1.54) is 0 Å². The van der Waals surface area contributed by atoms with Crippen molar-refractivity contribution >= 4 is 29.9 Å². The zero-order chi connectivity index (χ0) is 12.5. The number of nitrogens with zero attached hydrogens (tertiary/aromatic N) is 1. The lowest BCUT2D eigenvalue weighted by Crippen LogP contribution is -2.42. The van der Waals surface area contributed by atoms with Gasteiger partial charge in [-0.1, -0.05) is 11.6 Å². The Bertz CT molecular complexity index is 435. The van der Waals surface area contributed by atoms with Crippen LogP contribution < -0.4 is 5.32 Å². The molecule has 0 saturated carbocycles. The van der Waals surface area contributed by atoms with E-state index in [0.29, 0.717) is 17.1 Å². The average Bonchev–Trinajstić information content (AvgIpc) is 2.63. The van der Waals surface area contributed by atoms with Gasteiger partial charge in [0, 0.05) is 29.2 Å². The molecule has 2 unspecified atom stereocenters. The molecule has 2 aliphatic heterocycles. The molecule has 2 fully saturated rings. The van der Waals surface area contributed by atoms with Crippen molar-refractivity contribution in [3.63, 3.8) is 0 Å². The summed E-state index contributed by atoms with van der Waals surface area (Å²) in [5.41, 5.74) is 0.748. The predicted molar refractivity (Wildman–Crippen MR) is 79.2 cm³/mol. The van der Waals surface area contributed by atoms with E-state index in [4.69, 9.17) is 11.6 Å². The molecule has 2 aliphatic rings. The third kappa shape index (κ3) is 2.88. The van der Waals surface area contributed by atoms with Crippen LogP contribution in [0.4, 0.5) is 0 Å². The summed E-state index contributed by atoms with van der Waals surface area (Å²) < 4.78 is 0. The van der Waals surface area contributed by atoms with Crippen molar-refractivity contribution in [1.29, 1.82) is 0 Å². The minimum atomic E-state index is 0. The molecule has 0 radical (unpaired) electrons. The summed E-state index contributed by atoms with van der Waals surface area (Å²) in [4.78, 5) is 14.7. The van der Waals surface area contributed by atoms with Gasteiger partial charge in [-0.3, -0.25) is 4.79 Å². The molecule has 5 heteroatoms. The molecular formula is C14H18Cl2N2O. The first kappa shape index (κ1) is 14.6. The molecule has 0 aromatic heterocycles. The third-order valence-electron chi connectivity index (χ3n) is 3.98. The summed E-state index contributed by atoms with van der Waals surface area (Å²) in [6, 6.07) is 7.98. The van der Waals surface area contributed by atoms with E-state index in [9.17, 15) is 4.79 Å². The Balaban J connectivity index is 0.00000133. The number of amides is 1. The number of benzene rings is 1. The molecular weight excluding hydrogens is 283 g/mol. The second-order valence-electron chi connectivity index (χ2n) is 5.10. The quantitative estimate of drug-likeness (QED) is 0.865. The Labute approximate surface area is 124 Å².